The van der Waals surface area contributed by atoms with Crippen molar-refractivity contribution in [2.24, 2.45) is 15.2 Å². The molecule has 0 N–H and O–H groups in total. The van der Waals surface area contributed by atoms with Gasteiger partial charge in [-0.3, -0.25) is 0 Å². The number of rotatable bonds is 2. The van der Waals surface area contributed by atoms with Crippen molar-refractivity contribution in [3.05, 3.63) is 20.3 Å². The third-order valence-corrected chi connectivity index (χ3v) is 5.83. The summed E-state index contributed by atoms with van der Waals surface area (Å²) in [5.41, 5.74) is 0.189. The Labute approximate surface area is 160 Å². The molecule has 2 saturated carbocycles. The van der Waals surface area contributed by atoms with E-state index in [4.69, 9.17) is 0 Å². The fourth-order valence-corrected chi connectivity index (χ4v) is 2.80. The monoisotopic (exact) mass is 401 g/mol. The van der Waals surface area contributed by atoms with Crippen molar-refractivity contribution >= 4 is 0 Å². The Hall–Kier alpha value is 0.540. The minimum atomic E-state index is 0. The van der Waals surface area contributed by atoms with Crippen molar-refractivity contribution < 1.29 is 20.9 Å². The van der Waals surface area contributed by atoms with Gasteiger partial charge in [-0.1, -0.05) is 65.2 Å². The molecule has 0 saturated heterocycles. The Morgan fingerprint density at radius 1 is 0.913 bits per heavy atom. The van der Waals surface area contributed by atoms with E-state index in [1.54, 1.807) is 0 Å². The molecule has 0 bridgehead atoms. The second kappa shape index (κ2) is 16.0. The first-order chi connectivity index (χ1) is 10.4. The van der Waals surface area contributed by atoms with E-state index in [1.165, 1.54) is 85.1 Å². The largest absolute Gasteiger partial charge is 0.358 e. The minimum absolute atomic E-state index is 0. The van der Waals surface area contributed by atoms with Gasteiger partial charge in [-0.15, -0.1) is 0 Å². The Morgan fingerprint density at radius 2 is 1.35 bits per heavy atom. The molecule has 0 aromatic carbocycles. The molecule has 0 heterocycles. The molecule has 0 radical (unpaired) electrons. The molecular formula is C21H42NNb-3. The van der Waals surface area contributed by atoms with E-state index < -0.39 is 0 Å². The van der Waals surface area contributed by atoms with Crippen molar-refractivity contribution in [2.75, 3.05) is 0 Å². The second-order valence-electron chi connectivity index (χ2n) is 7.66. The Kier molecular flexibility index (Phi) is 18.0. The van der Waals surface area contributed by atoms with Gasteiger partial charge in [0.25, 0.3) is 0 Å². The van der Waals surface area contributed by atoms with Gasteiger partial charge in [0.2, 0.25) is 0 Å². The maximum Gasteiger partial charge on any atom is -0.0577 e. The van der Waals surface area contributed by atoms with Crippen molar-refractivity contribution in [3.8, 4) is 0 Å². The quantitative estimate of drug-likeness (QED) is 0.335. The van der Waals surface area contributed by atoms with Crippen LogP contribution in [-0.4, -0.2) is 5.54 Å². The van der Waals surface area contributed by atoms with Crippen LogP contribution in [0.15, 0.2) is 3.34 Å². The van der Waals surface area contributed by atoms with E-state index in [2.05, 4.69) is 50.8 Å². The molecule has 2 heteroatoms. The minimum Gasteiger partial charge on any atom is -0.358 e. The fourth-order valence-electron chi connectivity index (χ4n) is 2.80. The summed E-state index contributed by atoms with van der Waals surface area (Å²) in [6.45, 7) is 10.9. The summed E-state index contributed by atoms with van der Waals surface area (Å²) >= 11 is 1.52. The molecule has 2 rings (SSSR count). The van der Waals surface area contributed by atoms with Gasteiger partial charge in [0.15, 0.2) is 0 Å². The summed E-state index contributed by atoms with van der Waals surface area (Å²) in [6, 6.07) is 0. The Bertz CT molecular complexity index is 232. The van der Waals surface area contributed by atoms with Gasteiger partial charge in [-0.2, -0.15) is 24.7 Å². The van der Waals surface area contributed by atoms with Crippen LogP contribution >= 0.6 is 0 Å². The van der Waals surface area contributed by atoms with Gasteiger partial charge in [0, 0.05) is 0 Å². The van der Waals surface area contributed by atoms with Gasteiger partial charge in [0.05, 0.1) is 0 Å². The molecule has 0 spiro atoms. The van der Waals surface area contributed by atoms with E-state index in [-0.39, 0.29) is 13.0 Å². The van der Waals surface area contributed by atoms with E-state index in [9.17, 15) is 0 Å². The zero-order valence-corrected chi connectivity index (χ0v) is 19.0. The summed E-state index contributed by atoms with van der Waals surface area (Å²) in [6.07, 6.45) is 19.2. The van der Waals surface area contributed by atoms with E-state index in [1.807, 2.05) is 0 Å². The second-order valence-corrected chi connectivity index (χ2v) is 8.15. The Morgan fingerprint density at radius 3 is 1.57 bits per heavy atom. The molecule has 0 amide bonds. The zero-order chi connectivity index (χ0) is 16.8. The SMILES string of the molecule is CC(C)(C)[N]=[Nb].CCC1[CH-]C(CC)CCC1.[CH-]1CCCCC1.[CH3-]. The molecule has 2 aliphatic rings. The molecule has 23 heavy (non-hydrogen) atoms. The van der Waals surface area contributed by atoms with Gasteiger partial charge < -0.3 is 20.3 Å². The molecule has 2 fully saturated rings. The Balaban J connectivity index is 0. The van der Waals surface area contributed by atoms with Crippen LogP contribution in [0.4, 0.5) is 0 Å². The fraction of sp³-hybridized carbons (Fsp3) is 0.857. The summed E-state index contributed by atoms with van der Waals surface area (Å²) in [5.74, 6) is 1.89. The first-order valence-electron chi connectivity index (χ1n) is 9.45. The first kappa shape index (κ1) is 25.8. The zero-order valence-electron chi connectivity index (χ0n) is 16.8. The molecule has 1 nitrogen and oxygen atoms in total. The van der Waals surface area contributed by atoms with Crippen molar-refractivity contribution in [2.45, 2.75) is 104 Å². The number of hydrogen-bond acceptors (Lipinski definition) is 1. The molecule has 0 aromatic heterocycles. The van der Waals surface area contributed by atoms with E-state index in [0.29, 0.717) is 0 Å². The van der Waals surface area contributed by atoms with E-state index >= 15 is 0 Å². The van der Waals surface area contributed by atoms with Crippen molar-refractivity contribution in [1.82, 2.24) is 0 Å². The number of hydrogen-bond donors (Lipinski definition) is 0. The summed E-state index contributed by atoms with van der Waals surface area (Å²) < 4.78 is 4.07. The van der Waals surface area contributed by atoms with E-state index in [0.717, 1.165) is 11.8 Å². The predicted octanol–water partition coefficient (Wildman–Crippen LogP) is 7.55. The average Bonchev–Trinajstić information content (AvgIpc) is 2.57. The average molecular weight is 401 g/mol. The molecular weight excluding hydrogens is 359 g/mol. The van der Waals surface area contributed by atoms with Crippen LogP contribution in [0.25, 0.3) is 0 Å². The molecule has 139 valence electrons. The van der Waals surface area contributed by atoms with Gasteiger partial charge in [-0.25, -0.2) is 0 Å². The maximum absolute atomic E-state index is 4.07. The summed E-state index contributed by atoms with van der Waals surface area (Å²) in [7, 11) is 0. The number of nitrogens with zero attached hydrogens (tertiary/aromatic N) is 1. The third-order valence-electron chi connectivity index (χ3n) is 4.36. The molecule has 2 aliphatic carbocycles. The van der Waals surface area contributed by atoms with Crippen LogP contribution in [0, 0.1) is 32.1 Å². The van der Waals surface area contributed by atoms with Crippen molar-refractivity contribution in [1.29, 1.82) is 0 Å². The molecule has 0 aromatic rings. The molecule has 0 aliphatic heterocycles. The summed E-state index contributed by atoms with van der Waals surface area (Å²) in [4.78, 5) is 0. The normalized spacial score (nSPS) is 24.0. The molecule has 2 atom stereocenters. The van der Waals surface area contributed by atoms with Crippen LogP contribution in [0.5, 0.6) is 0 Å². The van der Waals surface area contributed by atoms with Crippen LogP contribution in [0.1, 0.15) is 98.8 Å². The topological polar surface area (TPSA) is 12.4 Å². The van der Waals surface area contributed by atoms with Gasteiger partial charge in [0.1, 0.15) is 0 Å². The smallest absolute Gasteiger partial charge is 0.0577 e. The van der Waals surface area contributed by atoms with Crippen LogP contribution < -0.4 is 0 Å². The first-order valence-corrected chi connectivity index (χ1v) is 10.4. The van der Waals surface area contributed by atoms with Crippen LogP contribution in [-0.2, 0) is 20.9 Å². The van der Waals surface area contributed by atoms with Crippen LogP contribution in [0.3, 0.4) is 0 Å². The van der Waals surface area contributed by atoms with Crippen molar-refractivity contribution in [3.63, 3.8) is 0 Å². The van der Waals surface area contributed by atoms with Crippen LogP contribution in [0.2, 0.25) is 0 Å². The standard InChI is InChI=1S/C10H19.C6H11.C4H9N.CH3.Nb/c1-3-9-6-5-7-10(4-2)8-9;1-2-4-6-5-3-1;1-4(2,3)5;;/h8-10H,3-7H2,1-2H3;1H,2-6H2;1-3H3;1H3;/q2*-1;;-1;. The maximum atomic E-state index is 4.07. The van der Waals surface area contributed by atoms with Gasteiger partial charge in [-0.05, 0) is 0 Å². The summed E-state index contributed by atoms with van der Waals surface area (Å²) in [5, 5.41) is 0. The molecule has 2 unspecified atom stereocenters. The predicted molar refractivity (Wildman–Crippen MR) is 102 cm³/mol. The third kappa shape index (κ3) is 17.2. The van der Waals surface area contributed by atoms with Gasteiger partial charge >= 0.3 is 50.5 Å².